The highest BCUT2D eigenvalue weighted by Gasteiger charge is 2.21. The number of fused-ring (bicyclic) bond motifs is 1. The predicted octanol–water partition coefficient (Wildman–Crippen LogP) is 1.92. The summed E-state index contributed by atoms with van der Waals surface area (Å²) in [6.45, 7) is 2.44. The topological polar surface area (TPSA) is 45.2 Å². The molecule has 19 heavy (non-hydrogen) atoms. The van der Waals surface area contributed by atoms with Crippen molar-refractivity contribution in [3.05, 3.63) is 36.5 Å². The zero-order chi connectivity index (χ0) is 13.1. The zero-order valence-electron chi connectivity index (χ0n) is 10.7. The van der Waals surface area contributed by atoms with Gasteiger partial charge >= 0.3 is 0 Å². The highest BCUT2D eigenvalue weighted by molar-refractivity contribution is 5.81. The second-order valence-electron chi connectivity index (χ2n) is 4.97. The predicted molar refractivity (Wildman–Crippen MR) is 76.3 cm³/mol. The summed E-state index contributed by atoms with van der Waals surface area (Å²) in [6.07, 6.45) is 3.92. The van der Waals surface area contributed by atoms with Crippen molar-refractivity contribution in [3.8, 4) is 0 Å². The van der Waals surface area contributed by atoms with E-state index in [4.69, 9.17) is 0 Å². The number of hydrogen-bond acceptors (Lipinski definition) is 4. The lowest BCUT2D eigenvalue weighted by molar-refractivity contribution is -0.108. The standard InChI is InChI=1S/C15H17N3O/c19-8-7-18-6-5-13(11-18)17-14-9-12-3-1-2-4-15(12)16-10-14/h1-4,8-10,13,17H,5-7,11H2/t13-/m0/s1. The first-order valence-corrected chi connectivity index (χ1v) is 6.62. The Hall–Kier alpha value is -1.94. The minimum Gasteiger partial charge on any atom is -0.380 e. The van der Waals surface area contributed by atoms with E-state index in [1.807, 2.05) is 24.4 Å². The van der Waals surface area contributed by atoms with Crippen molar-refractivity contribution < 1.29 is 4.79 Å². The number of anilines is 1. The van der Waals surface area contributed by atoms with Crippen molar-refractivity contribution in [2.24, 2.45) is 0 Å². The van der Waals surface area contributed by atoms with Gasteiger partial charge in [0.05, 0.1) is 23.9 Å². The lowest BCUT2D eigenvalue weighted by atomic mass is 10.2. The van der Waals surface area contributed by atoms with E-state index in [1.54, 1.807) is 0 Å². The Labute approximate surface area is 112 Å². The molecule has 1 aliphatic rings. The lowest BCUT2D eigenvalue weighted by Gasteiger charge is -2.15. The number of nitrogens with zero attached hydrogens (tertiary/aromatic N) is 2. The summed E-state index contributed by atoms with van der Waals surface area (Å²) >= 11 is 0. The molecule has 0 spiro atoms. The van der Waals surface area contributed by atoms with Gasteiger partial charge in [-0.15, -0.1) is 0 Å². The fourth-order valence-electron chi connectivity index (χ4n) is 2.61. The third-order valence-electron chi connectivity index (χ3n) is 3.57. The molecule has 1 aromatic carbocycles. The number of para-hydroxylation sites is 1. The Balaban J connectivity index is 1.70. The van der Waals surface area contributed by atoms with Gasteiger partial charge in [-0.3, -0.25) is 9.88 Å². The summed E-state index contributed by atoms with van der Waals surface area (Å²) in [5.41, 5.74) is 2.07. The van der Waals surface area contributed by atoms with E-state index in [0.29, 0.717) is 12.6 Å². The molecule has 0 aliphatic carbocycles. The van der Waals surface area contributed by atoms with Gasteiger partial charge in [0.2, 0.25) is 0 Å². The summed E-state index contributed by atoms with van der Waals surface area (Å²) in [5.74, 6) is 0. The van der Waals surface area contributed by atoms with Crippen molar-refractivity contribution in [1.82, 2.24) is 9.88 Å². The first-order valence-electron chi connectivity index (χ1n) is 6.62. The Bertz CT molecular complexity index is 584. The molecule has 0 radical (unpaired) electrons. The molecule has 1 aliphatic heterocycles. The molecular weight excluding hydrogens is 238 g/mol. The minimum absolute atomic E-state index is 0.405. The summed E-state index contributed by atoms with van der Waals surface area (Å²) < 4.78 is 0. The van der Waals surface area contributed by atoms with Crippen LogP contribution in [0.5, 0.6) is 0 Å². The van der Waals surface area contributed by atoms with Gasteiger partial charge in [-0.25, -0.2) is 0 Å². The second kappa shape index (κ2) is 5.36. The normalized spacial score (nSPS) is 19.7. The maximum atomic E-state index is 10.5. The number of rotatable bonds is 4. The lowest BCUT2D eigenvalue weighted by Crippen LogP contribution is -2.27. The summed E-state index contributed by atoms with van der Waals surface area (Å²) in [4.78, 5) is 17.1. The van der Waals surface area contributed by atoms with Gasteiger partial charge in [-0.1, -0.05) is 18.2 Å². The fraction of sp³-hybridized carbons (Fsp3) is 0.333. The van der Waals surface area contributed by atoms with Gasteiger partial charge in [0.1, 0.15) is 6.29 Å². The number of aromatic nitrogens is 1. The molecule has 1 aromatic heterocycles. The van der Waals surface area contributed by atoms with Crippen LogP contribution in [-0.2, 0) is 4.79 Å². The third-order valence-corrected chi connectivity index (χ3v) is 3.57. The second-order valence-corrected chi connectivity index (χ2v) is 4.97. The third kappa shape index (κ3) is 2.74. The Morgan fingerprint density at radius 3 is 3.21 bits per heavy atom. The number of carbonyl (C=O) groups excluding carboxylic acids is 1. The van der Waals surface area contributed by atoms with Crippen LogP contribution >= 0.6 is 0 Å². The van der Waals surface area contributed by atoms with E-state index in [1.165, 1.54) is 0 Å². The number of pyridine rings is 1. The van der Waals surface area contributed by atoms with E-state index in [-0.39, 0.29) is 0 Å². The fourth-order valence-corrected chi connectivity index (χ4v) is 2.61. The Kier molecular flexibility index (Phi) is 3.42. The monoisotopic (exact) mass is 255 g/mol. The van der Waals surface area contributed by atoms with Crippen LogP contribution in [0.25, 0.3) is 10.9 Å². The minimum atomic E-state index is 0.405. The number of aldehydes is 1. The first-order chi connectivity index (χ1) is 9.35. The SMILES string of the molecule is O=CCN1CC[C@H](Nc2cnc3ccccc3c2)C1. The summed E-state index contributed by atoms with van der Waals surface area (Å²) in [5, 5.41) is 4.65. The van der Waals surface area contributed by atoms with Crippen molar-refractivity contribution >= 4 is 22.9 Å². The van der Waals surface area contributed by atoms with Crippen LogP contribution in [0, 0.1) is 0 Å². The van der Waals surface area contributed by atoms with Crippen LogP contribution in [0.15, 0.2) is 36.5 Å². The van der Waals surface area contributed by atoms with Crippen molar-refractivity contribution in [1.29, 1.82) is 0 Å². The molecule has 4 heteroatoms. The number of likely N-dealkylation sites (tertiary alicyclic amines) is 1. The van der Waals surface area contributed by atoms with Crippen molar-refractivity contribution in [2.45, 2.75) is 12.5 Å². The van der Waals surface area contributed by atoms with Crippen molar-refractivity contribution in [2.75, 3.05) is 25.0 Å². The average molecular weight is 255 g/mol. The molecular formula is C15H17N3O. The summed E-state index contributed by atoms with van der Waals surface area (Å²) in [6, 6.07) is 10.6. The van der Waals surface area contributed by atoms with Crippen LogP contribution in [0.1, 0.15) is 6.42 Å². The van der Waals surface area contributed by atoms with E-state index in [0.717, 1.165) is 42.4 Å². The molecule has 0 amide bonds. The van der Waals surface area contributed by atoms with Gasteiger partial charge in [0, 0.05) is 24.5 Å². The molecule has 0 bridgehead atoms. The largest absolute Gasteiger partial charge is 0.380 e. The highest BCUT2D eigenvalue weighted by atomic mass is 16.1. The van der Waals surface area contributed by atoms with E-state index in [2.05, 4.69) is 27.3 Å². The van der Waals surface area contributed by atoms with Crippen LogP contribution in [0.3, 0.4) is 0 Å². The molecule has 0 unspecified atom stereocenters. The number of nitrogens with one attached hydrogen (secondary N) is 1. The molecule has 2 heterocycles. The average Bonchev–Trinajstić information content (AvgIpc) is 2.86. The van der Waals surface area contributed by atoms with Crippen LogP contribution in [-0.4, -0.2) is 41.8 Å². The van der Waals surface area contributed by atoms with E-state index < -0.39 is 0 Å². The zero-order valence-corrected chi connectivity index (χ0v) is 10.7. The van der Waals surface area contributed by atoms with Gasteiger partial charge < -0.3 is 10.1 Å². The molecule has 4 nitrogen and oxygen atoms in total. The number of carbonyl (C=O) groups is 1. The quantitative estimate of drug-likeness (QED) is 0.848. The number of hydrogen-bond donors (Lipinski definition) is 1. The molecule has 1 saturated heterocycles. The van der Waals surface area contributed by atoms with Crippen LogP contribution in [0.2, 0.25) is 0 Å². The molecule has 1 fully saturated rings. The van der Waals surface area contributed by atoms with Crippen LogP contribution < -0.4 is 5.32 Å². The Morgan fingerprint density at radius 1 is 1.42 bits per heavy atom. The van der Waals surface area contributed by atoms with Gasteiger partial charge in [-0.05, 0) is 18.6 Å². The maximum absolute atomic E-state index is 10.5. The highest BCUT2D eigenvalue weighted by Crippen LogP contribution is 2.19. The maximum Gasteiger partial charge on any atom is 0.133 e. The molecule has 98 valence electrons. The van der Waals surface area contributed by atoms with E-state index in [9.17, 15) is 4.79 Å². The number of benzene rings is 1. The molecule has 2 aromatic rings. The van der Waals surface area contributed by atoms with Crippen molar-refractivity contribution in [3.63, 3.8) is 0 Å². The first kappa shape index (κ1) is 12.1. The molecule has 1 atom stereocenters. The van der Waals surface area contributed by atoms with Gasteiger partial charge in [0.25, 0.3) is 0 Å². The Morgan fingerprint density at radius 2 is 2.32 bits per heavy atom. The van der Waals surface area contributed by atoms with Crippen LogP contribution in [0.4, 0.5) is 5.69 Å². The van der Waals surface area contributed by atoms with Gasteiger partial charge in [-0.2, -0.15) is 0 Å². The smallest absolute Gasteiger partial charge is 0.133 e. The summed E-state index contributed by atoms with van der Waals surface area (Å²) in [7, 11) is 0. The molecule has 1 N–H and O–H groups in total. The molecule has 3 rings (SSSR count). The van der Waals surface area contributed by atoms with E-state index >= 15 is 0 Å². The molecule has 0 saturated carbocycles. The van der Waals surface area contributed by atoms with Gasteiger partial charge in [0.15, 0.2) is 0 Å².